The number of benzene rings is 2. The largest absolute Gasteiger partial charge is 0.350 e. The van der Waals surface area contributed by atoms with Gasteiger partial charge in [-0.2, -0.15) is 0 Å². The van der Waals surface area contributed by atoms with E-state index in [0.717, 1.165) is 16.5 Å². The Morgan fingerprint density at radius 2 is 1.81 bits per heavy atom. The van der Waals surface area contributed by atoms with Crippen LogP contribution in [0.5, 0.6) is 0 Å². The summed E-state index contributed by atoms with van der Waals surface area (Å²) < 4.78 is 2.06. The van der Waals surface area contributed by atoms with E-state index >= 15 is 0 Å². The molecule has 0 spiro atoms. The summed E-state index contributed by atoms with van der Waals surface area (Å²) in [6.45, 7) is 0. The van der Waals surface area contributed by atoms with Gasteiger partial charge >= 0.3 is 0 Å². The summed E-state index contributed by atoms with van der Waals surface area (Å²) in [5, 5.41) is 1.77. The average Bonchev–Trinajstić information content (AvgIpc) is 2.83. The Labute approximate surface area is 128 Å². The van der Waals surface area contributed by atoms with Gasteiger partial charge in [0.05, 0.1) is 0 Å². The third kappa shape index (κ3) is 2.76. The highest BCUT2D eigenvalue weighted by Gasteiger charge is 2.05. The summed E-state index contributed by atoms with van der Waals surface area (Å²) in [6.07, 6.45) is 5.49. The molecule has 3 heteroatoms. The topological polar surface area (TPSA) is 22.0 Å². The molecule has 0 aliphatic rings. The minimum absolute atomic E-state index is 0.0281. The van der Waals surface area contributed by atoms with Crippen LogP contribution in [0.15, 0.2) is 60.8 Å². The molecule has 0 fully saturated rings. The molecule has 0 saturated heterocycles. The third-order valence-corrected chi connectivity index (χ3v) is 3.72. The molecule has 3 aromatic rings. The summed E-state index contributed by atoms with van der Waals surface area (Å²) >= 11 is 5.83. The van der Waals surface area contributed by atoms with E-state index in [1.54, 1.807) is 30.3 Å². The number of nitrogens with zero attached hydrogens (tertiary/aromatic N) is 1. The molecule has 0 bridgehead atoms. The molecule has 21 heavy (non-hydrogen) atoms. The fourth-order valence-electron chi connectivity index (χ4n) is 2.38. The quantitative estimate of drug-likeness (QED) is 0.506. The Bertz CT molecular complexity index is 828. The van der Waals surface area contributed by atoms with Crippen LogP contribution in [-0.4, -0.2) is 10.4 Å². The van der Waals surface area contributed by atoms with Crippen LogP contribution in [0.25, 0.3) is 17.0 Å². The number of aromatic nitrogens is 1. The zero-order valence-corrected chi connectivity index (χ0v) is 12.3. The van der Waals surface area contributed by atoms with Crippen molar-refractivity contribution in [2.45, 2.75) is 0 Å². The van der Waals surface area contributed by atoms with Crippen molar-refractivity contribution >= 4 is 34.4 Å². The van der Waals surface area contributed by atoms with Crippen molar-refractivity contribution in [1.82, 2.24) is 4.57 Å². The highest BCUT2D eigenvalue weighted by atomic mass is 35.5. The summed E-state index contributed by atoms with van der Waals surface area (Å²) in [4.78, 5) is 12.1. The van der Waals surface area contributed by atoms with Gasteiger partial charge < -0.3 is 4.57 Å². The second kappa shape index (κ2) is 5.58. The SMILES string of the molecule is Cn1cc(C=CC(=O)c2ccc(Cl)cc2)c2ccccc21. The number of hydrogen-bond acceptors (Lipinski definition) is 1. The van der Waals surface area contributed by atoms with Crippen LogP contribution in [0.4, 0.5) is 0 Å². The van der Waals surface area contributed by atoms with Crippen molar-refractivity contribution in [1.29, 1.82) is 0 Å². The molecule has 0 N–H and O–H groups in total. The number of carbonyl (C=O) groups is 1. The highest BCUT2D eigenvalue weighted by Crippen LogP contribution is 2.21. The molecule has 0 saturated carbocycles. The van der Waals surface area contributed by atoms with Gasteiger partial charge in [-0.3, -0.25) is 4.79 Å². The van der Waals surface area contributed by atoms with E-state index in [9.17, 15) is 4.79 Å². The zero-order chi connectivity index (χ0) is 14.8. The van der Waals surface area contributed by atoms with Gasteiger partial charge in [0.15, 0.2) is 5.78 Å². The van der Waals surface area contributed by atoms with Gasteiger partial charge in [-0.25, -0.2) is 0 Å². The molecule has 0 aliphatic heterocycles. The molecule has 104 valence electrons. The van der Waals surface area contributed by atoms with E-state index in [1.165, 1.54) is 0 Å². The normalized spacial score (nSPS) is 11.3. The van der Waals surface area contributed by atoms with E-state index < -0.39 is 0 Å². The summed E-state index contributed by atoms with van der Waals surface area (Å²) in [7, 11) is 2.00. The minimum Gasteiger partial charge on any atom is -0.350 e. The summed E-state index contributed by atoms with van der Waals surface area (Å²) in [5.41, 5.74) is 2.82. The van der Waals surface area contributed by atoms with E-state index in [1.807, 2.05) is 31.5 Å². The number of rotatable bonds is 3. The smallest absolute Gasteiger partial charge is 0.185 e. The first-order valence-corrected chi connectivity index (χ1v) is 7.05. The van der Waals surface area contributed by atoms with Gasteiger partial charge in [-0.15, -0.1) is 0 Å². The lowest BCUT2D eigenvalue weighted by Crippen LogP contribution is -1.92. The molecule has 0 unspecified atom stereocenters. The lowest BCUT2D eigenvalue weighted by molar-refractivity contribution is 0.104. The Balaban J connectivity index is 1.91. The van der Waals surface area contributed by atoms with Gasteiger partial charge in [0.25, 0.3) is 0 Å². The van der Waals surface area contributed by atoms with Crippen molar-refractivity contribution < 1.29 is 4.79 Å². The molecule has 0 amide bonds. The predicted molar refractivity (Wildman–Crippen MR) is 87.7 cm³/mol. The first-order valence-electron chi connectivity index (χ1n) is 6.67. The maximum absolute atomic E-state index is 12.1. The lowest BCUT2D eigenvalue weighted by Gasteiger charge is -1.96. The van der Waals surface area contributed by atoms with E-state index in [0.29, 0.717) is 10.6 Å². The Morgan fingerprint density at radius 1 is 1.10 bits per heavy atom. The standard InChI is InChI=1S/C18H14ClNO/c1-20-12-14(16-4-2-3-5-17(16)20)8-11-18(21)13-6-9-15(19)10-7-13/h2-12H,1H3. The number of hydrogen-bond donors (Lipinski definition) is 0. The van der Waals surface area contributed by atoms with E-state index in [4.69, 9.17) is 11.6 Å². The van der Waals surface area contributed by atoms with Crippen LogP contribution in [0.3, 0.4) is 0 Å². The van der Waals surface area contributed by atoms with E-state index in [-0.39, 0.29) is 5.78 Å². The van der Waals surface area contributed by atoms with Crippen molar-refractivity contribution in [3.63, 3.8) is 0 Å². The Morgan fingerprint density at radius 3 is 2.57 bits per heavy atom. The van der Waals surface area contributed by atoms with Gasteiger partial charge in [0.1, 0.15) is 0 Å². The van der Waals surface area contributed by atoms with Crippen LogP contribution in [0.1, 0.15) is 15.9 Å². The fourth-order valence-corrected chi connectivity index (χ4v) is 2.51. The van der Waals surface area contributed by atoms with Crippen LogP contribution >= 0.6 is 11.6 Å². The molecular weight excluding hydrogens is 282 g/mol. The Hall–Kier alpha value is -2.32. The number of halogens is 1. The van der Waals surface area contributed by atoms with Crippen molar-refractivity contribution in [3.8, 4) is 0 Å². The van der Waals surface area contributed by atoms with Crippen LogP contribution in [0, 0.1) is 0 Å². The highest BCUT2D eigenvalue weighted by molar-refractivity contribution is 6.30. The molecule has 0 aliphatic carbocycles. The second-order valence-electron chi connectivity index (χ2n) is 4.92. The van der Waals surface area contributed by atoms with E-state index in [2.05, 4.69) is 16.7 Å². The molecular formula is C18H14ClNO. The molecule has 1 heterocycles. The maximum atomic E-state index is 12.1. The molecule has 1 aromatic heterocycles. The summed E-state index contributed by atoms with van der Waals surface area (Å²) in [5.74, 6) is -0.0281. The van der Waals surface area contributed by atoms with Crippen molar-refractivity contribution in [2.24, 2.45) is 7.05 Å². The third-order valence-electron chi connectivity index (χ3n) is 3.47. The number of para-hydroxylation sites is 1. The number of ketones is 1. The van der Waals surface area contributed by atoms with Gasteiger partial charge in [-0.1, -0.05) is 29.8 Å². The number of allylic oxidation sites excluding steroid dienone is 1. The molecule has 0 atom stereocenters. The number of carbonyl (C=O) groups excluding carboxylic acids is 1. The number of aryl methyl sites for hydroxylation is 1. The van der Waals surface area contributed by atoms with Crippen LogP contribution < -0.4 is 0 Å². The second-order valence-corrected chi connectivity index (χ2v) is 5.35. The molecule has 2 aromatic carbocycles. The molecule has 0 radical (unpaired) electrons. The van der Waals surface area contributed by atoms with Gasteiger partial charge in [-0.05, 0) is 42.5 Å². The van der Waals surface area contributed by atoms with Gasteiger partial charge in [0, 0.05) is 40.3 Å². The first-order chi connectivity index (χ1) is 10.1. The minimum atomic E-state index is -0.0281. The predicted octanol–water partition coefficient (Wildman–Crippen LogP) is 4.73. The average molecular weight is 296 g/mol. The monoisotopic (exact) mass is 295 g/mol. The molecule has 3 rings (SSSR count). The van der Waals surface area contributed by atoms with Crippen molar-refractivity contribution in [3.05, 3.63) is 77.0 Å². The molecule has 2 nitrogen and oxygen atoms in total. The fraction of sp³-hybridized carbons (Fsp3) is 0.0556. The Kier molecular flexibility index (Phi) is 3.63. The zero-order valence-electron chi connectivity index (χ0n) is 11.6. The lowest BCUT2D eigenvalue weighted by atomic mass is 10.1. The summed E-state index contributed by atoms with van der Waals surface area (Å²) in [6, 6.07) is 15.0. The van der Waals surface area contributed by atoms with Crippen LogP contribution in [0.2, 0.25) is 5.02 Å². The number of fused-ring (bicyclic) bond motifs is 1. The van der Waals surface area contributed by atoms with Crippen molar-refractivity contribution in [2.75, 3.05) is 0 Å². The maximum Gasteiger partial charge on any atom is 0.185 e. The van der Waals surface area contributed by atoms with Gasteiger partial charge in [0.2, 0.25) is 0 Å². The first kappa shape index (κ1) is 13.7. The van der Waals surface area contributed by atoms with Crippen LogP contribution in [-0.2, 0) is 7.05 Å².